The molecule has 138 valence electrons. The van der Waals surface area contributed by atoms with E-state index in [4.69, 9.17) is 23.8 Å². The van der Waals surface area contributed by atoms with Gasteiger partial charge in [0.2, 0.25) is 0 Å². The van der Waals surface area contributed by atoms with E-state index < -0.39 is 4.92 Å². The van der Waals surface area contributed by atoms with Gasteiger partial charge in [-0.15, -0.1) is 0 Å². The van der Waals surface area contributed by atoms with Crippen molar-refractivity contribution in [3.63, 3.8) is 0 Å². The number of non-ortho nitro benzene ring substituents is 1. The molecule has 0 unspecified atom stereocenters. The minimum Gasteiger partial charge on any atom is -0.378 e. The van der Waals surface area contributed by atoms with Gasteiger partial charge in [-0.25, -0.2) is 0 Å². The van der Waals surface area contributed by atoms with Gasteiger partial charge in [-0.1, -0.05) is 35.6 Å². The van der Waals surface area contributed by atoms with Gasteiger partial charge < -0.3 is 4.90 Å². The summed E-state index contributed by atoms with van der Waals surface area (Å²) in [4.78, 5) is 27.0. The molecule has 0 bridgehead atoms. The van der Waals surface area contributed by atoms with Crippen LogP contribution in [0.2, 0.25) is 5.02 Å². The van der Waals surface area contributed by atoms with Crippen LogP contribution in [0, 0.1) is 10.1 Å². The van der Waals surface area contributed by atoms with E-state index in [0.29, 0.717) is 25.5 Å². The number of nitrogens with zero attached hydrogens (tertiary/aromatic N) is 3. The molecular formula is C18H14ClN3O3S2. The molecule has 1 aliphatic rings. The van der Waals surface area contributed by atoms with E-state index in [-0.39, 0.29) is 11.6 Å². The summed E-state index contributed by atoms with van der Waals surface area (Å²) < 4.78 is 0.394. The molecule has 3 rings (SSSR count). The summed E-state index contributed by atoms with van der Waals surface area (Å²) in [6.45, 7) is 0. The summed E-state index contributed by atoms with van der Waals surface area (Å²) in [5.41, 5.74) is 1.97. The Morgan fingerprint density at radius 2 is 1.89 bits per heavy atom. The maximum Gasteiger partial charge on any atom is 0.270 e. The molecule has 1 heterocycles. The fraction of sp³-hybridized carbons (Fsp3) is 0.111. The molecule has 1 fully saturated rings. The lowest BCUT2D eigenvalue weighted by atomic mass is 10.2. The molecule has 6 nitrogen and oxygen atoms in total. The molecule has 1 aliphatic heterocycles. The normalized spacial score (nSPS) is 15.5. The maximum absolute atomic E-state index is 12.8. The molecule has 9 heteroatoms. The first kappa shape index (κ1) is 19.3. The molecule has 2 aromatic rings. The highest BCUT2D eigenvalue weighted by atomic mass is 35.5. The lowest BCUT2D eigenvalue weighted by molar-refractivity contribution is -0.384. The monoisotopic (exact) mass is 419 g/mol. The standard InChI is InChI=1S/C18H14ClN3O3S2/c1-20(2)12-3-5-13(6-4-12)21-17(23)16(27-18(21)26)10-11-9-14(22(24)25)7-8-15(11)19/h3-10H,1-2H3. The lowest BCUT2D eigenvalue weighted by Crippen LogP contribution is -2.27. The molecule has 0 aliphatic carbocycles. The number of nitro groups is 1. The fourth-order valence-electron chi connectivity index (χ4n) is 2.49. The second-order valence-corrected chi connectivity index (χ2v) is 7.97. The number of hydrogen-bond acceptors (Lipinski definition) is 6. The molecule has 0 N–H and O–H groups in total. The highest BCUT2D eigenvalue weighted by molar-refractivity contribution is 8.27. The summed E-state index contributed by atoms with van der Waals surface area (Å²) in [5, 5.41) is 11.3. The number of benzene rings is 2. The fourth-order valence-corrected chi connectivity index (χ4v) is 3.95. The molecule has 1 saturated heterocycles. The average molecular weight is 420 g/mol. The number of thiocarbonyl (C=S) groups is 1. The van der Waals surface area contributed by atoms with Crippen LogP contribution < -0.4 is 9.80 Å². The number of rotatable bonds is 4. The van der Waals surface area contributed by atoms with Gasteiger partial charge in [-0.05, 0) is 36.4 Å². The van der Waals surface area contributed by atoms with Gasteiger partial charge in [0.1, 0.15) is 0 Å². The maximum atomic E-state index is 12.8. The predicted octanol–water partition coefficient (Wildman–Crippen LogP) is 4.72. The van der Waals surface area contributed by atoms with E-state index in [0.717, 1.165) is 17.4 Å². The minimum atomic E-state index is -0.509. The topological polar surface area (TPSA) is 66.7 Å². The van der Waals surface area contributed by atoms with Gasteiger partial charge in [-0.2, -0.15) is 0 Å². The van der Waals surface area contributed by atoms with Gasteiger partial charge in [0.15, 0.2) is 4.32 Å². The third kappa shape index (κ3) is 3.97. The SMILES string of the molecule is CN(C)c1ccc(N2C(=O)C(=Cc3cc([N+](=O)[O-])ccc3Cl)SC2=S)cc1. The Hall–Kier alpha value is -2.42. The zero-order valence-corrected chi connectivity index (χ0v) is 16.8. The summed E-state index contributed by atoms with van der Waals surface area (Å²) in [6.07, 6.45) is 1.53. The van der Waals surface area contributed by atoms with Crippen molar-refractivity contribution < 1.29 is 9.72 Å². The van der Waals surface area contributed by atoms with Crippen molar-refractivity contribution in [3.05, 3.63) is 68.1 Å². The molecule has 27 heavy (non-hydrogen) atoms. The minimum absolute atomic E-state index is 0.0968. The quantitative estimate of drug-likeness (QED) is 0.309. The second-order valence-electron chi connectivity index (χ2n) is 5.89. The van der Waals surface area contributed by atoms with Gasteiger partial charge >= 0.3 is 0 Å². The lowest BCUT2D eigenvalue weighted by Gasteiger charge is -2.17. The van der Waals surface area contributed by atoms with E-state index in [1.165, 1.54) is 29.2 Å². The van der Waals surface area contributed by atoms with Crippen molar-refractivity contribution in [3.8, 4) is 0 Å². The molecule has 0 atom stereocenters. The molecule has 1 amide bonds. The number of halogens is 1. The van der Waals surface area contributed by atoms with E-state index in [9.17, 15) is 14.9 Å². The largest absolute Gasteiger partial charge is 0.378 e. The van der Waals surface area contributed by atoms with Gasteiger partial charge in [0.25, 0.3) is 11.6 Å². The van der Waals surface area contributed by atoms with Crippen molar-refractivity contribution in [1.82, 2.24) is 0 Å². The Morgan fingerprint density at radius 3 is 2.48 bits per heavy atom. The van der Waals surface area contributed by atoms with Crippen LogP contribution in [0.4, 0.5) is 17.1 Å². The van der Waals surface area contributed by atoms with Crippen molar-refractivity contribution in [2.75, 3.05) is 23.9 Å². The molecule has 2 aromatic carbocycles. The number of nitro benzene ring substituents is 1. The van der Waals surface area contributed by atoms with Gasteiger partial charge in [-0.3, -0.25) is 19.8 Å². The van der Waals surface area contributed by atoms with E-state index >= 15 is 0 Å². The van der Waals surface area contributed by atoms with Gasteiger partial charge in [0, 0.05) is 42.5 Å². The van der Waals surface area contributed by atoms with Crippen molar-refractivity contribution >= 4 is 68.9 Å². The van der Waals surface area contributed by atoms with Crippen LogP contribution >= 0.6 is 35.6 Å². The number of hydrogen-bond donors (Lipinski definition) is 0. The van der Waals surface area contributed by atoms with E-state index in [2.05, 4.69) is 0 Å². The van der Waals surface area contributed by atoms with Crippen LogP contribution in [0.15, 0.2) is 47.4 Å². The molecule has 0 saturated carbocycles. The van der Waals surface area contributed by atoms with Crippen molar-refractivity contribution in [1.29, 1.82) is 0 Å². The van der Waals surface area contributed by atoms with Crippen LogP contribution in [-0.4, -0.2) is 29.2 Å². The third-order valence-corrected chi connectivity index (χ3v) is 5.54. The predicted molar refractivity (Wildman–Crippen MR) is 115 cm³/mol. The van der Waals surface area contributed by atoms with Crippen LogP contribution in [0.1, 0.15) is 5.56 Å². The number of amides is 1. The molecule has 0 aromatic heterocycles. The first-order valence-electron chi connectivity index (χ1n) is 7.77. The zero-order chi connectivity index (χ0) is 19.7. The first-order valence-corrected chi connectivity index (χ1v) is 9.37. The van der Waals surface area contributed by atoms with E-state index in [1.54, 1.807) is 0 Å². The first-order chi connectivity index (χ1) is 12.8. The number of thioether (sulfide) groups is 1. The molecule has 0 radical (unpaired) electrons. The number of carbonyl (C=O) groups excluding carboxylic acids is 1. The number of carbonyl (C=O) groups is 1. The third-order valence-electron chi connectivity index (χ3n) is 3.90. The average Bonchev–Trinajstić information content (AvgIpc) is 2.90. The highest BCUT2D eigenvalue weighted by Gasteiger charge is 2.33. The van der Waals surface area contributed by atoms with E-state index in [1.807, 2.05) is 43.3 Å². The zero-order valence-electron chi connectivity index (χ0n) is 14.4. The summed E-state index contributed by atoms with van der Waals surface area (Å²) in [5.74, 6) is -0.287. The van der Waals surface area contributed by atoms with Crippen molar-refractivity contribution in [2.24, 2.45) is 0 Å². The van der Waals surface area contributed by atoms with Crippen LogP contribution in [0.3, 0.4) is 0 Å². The highest BCUT2D eigenvalue weighted by Crippen LogP contribution is 2.37. The molecular weight excluding hydrogens is 406 g/mol. The summed E-state index contributed by atoms with van der Waals surface area (Å²) in [6, 6.07) is 11.5. The van der Waals surface area contributed by atoms with Crippen LogP contribution in [-0.2, 0) is 4.79 Å². The van der Waals surface area contributed by atoms with Crippen LogP contribution in [0.5, 0.6) is 0 Å². The summed E-state index contributed by atoms with van der Waals surface area (Å²) in [7, 11) is 3.86. The Bertz CT molecular complexity index is 974. The smallest absolute Gasteiger partial charge is 0.270 e. The van der Waals surface area contributed by atoms with Crippen molar-refractivity contribution in [2.45, 2.75) is 0 Å². The summed E-state index contributed by atoms with van der Waals surface area (Å²) >= 11 is 12.6. The Balaban J connectivity index is 1.93. The molecule has 0 spiro atoms. The van der Waals surface area contributed by atoms with Gasteiger partial charge in [0.05, 0.1) is 15.5 Å². The Morgan fingerprint density at radius 1 is 1.22 bits per heavy atom. The Labute approximate surface area is 170 Å². The Kier molecular flexibility index (Phi) is 5.50. The number of anilines is 2. The van der Waals surface area contributed by atoms with Crippen LogP contribution in [0.25, 0.3) is 6.08 Å². The second kappa shape index (κ2) is 7.67.